The normalized spacial score (nSPS) is 10.0. The van der Waals surface area contributed by atoms with Crippen molar-refractivity contribution in [2.24, 2.45) is 0 Å². The zero-order valence-corrected chi connectivity index (χ0v) is 11.5. The second kappa shape index (κ2) is 6.63. The lowest BCUT2D eigenvalue weighted by Gasteiger charge is -2.15. The molecule has 0 fully saturated rings. The van der Waals surface area contributed by atoms with Crippen LogP contribution in [-0.2, 0) is 0 Å². The van der Waals surface area contributed by atoms with Crippen LogP contribution in [0.1, 0.15) is 20.8 Å². The molecule has 1 aromatic carbocycles. The summed E-state index contributed by atoms with van der Waals surface area (Å²) in [5.74, 6) is 2.10. The third-order valence-electron chi connectivity index (χ3n) is 1.87. The van der Waals surface area contributed by atoms with Gasteiger partial charge in [0.15, 0.2) is 11.5 Å². The molecule has 0 atom stereocenters. The molecule has 0 bridgehead atoms. The molecule has 1 aromatic rings. The Morgan fingerprint density at radius 3 is 1.69 bits per heavy atom. The van der Waals surface area contributed by atoms with E-state index in [1.54, 1.807) is 0 Å². The van der Waals surface area contributed by atoms with Gasteiger partial charge < -0.3 is 14.2 Å². The average molecular weight is 289 g/mol. The topological polar surface area (TPSA) is 27.7 Å². The summed E-state index contributed by atoms with van der Waals surface area (Å²) in [5, 5.41) is 0. The van der Waals surface area contributed by atoms with Gasteiger partial charge in [0.05, 0.1) is 19.8 Å². The van der Waals surface area contributed by atoms with Gasteiger partial charge in [-0.15, -0.1) is 0 Å². The highest BCUT2D eigenvalue weighted by Gasteiger charge is 2.13. The molecule has 0 spiro atoms. The van der Waals surface area contributed by atoms with Gasteiger partial charge >= 0.3 is 0 Å². The lowest BCUT2D eigenvalue weighted by Crippen LogP contribution is -2.02. The first kappa shape index (κ1) is 13.2. The zero-order valence-electron chi connectivity index (χ0n) is 9.88. The molecule has 0 amide bonds. The van der Waals surface area contributed by atoms with Crippen molar-refractivity contribution in [1.82, 2.24) is 0 Å². The van der Waals surface area contributed by atoms with E-state index in [-0.39, 0.29) is 0 Å². The van der Waals surface area contributed by atoms with E-state index in [9.17, 15) is 0 Å². The Morgan fingerprint density at radius 2 is 1.31 bits per heavy atom. The van der Waals surface area contributed by atoms with E-state index in [0.29, 0.717) is 37.1 Å². The van der Waals surface area contributed by atoms with Crippen LogP contribution in [0.5, 0.6) is 17.2 Å². The quantitative estimate of drug-likeness (QED) is 0.800. The van der Waals surface area contributed by atoms with E-state index in [1.807, 2.05) is 32.9 Å². The van der Waals surface area contributed by atoms with E-state index in [2.05, 4.69) is 15.9 Å². The van der Waals surface area contributed by atoms with Crippen LogP contribution in [-0.4, -0.2) is 19.8 Å². The van der Waals surface area contributed by atoms with Gasteiger partial charge in [0.1, 0.15) is 0 Å². The Kier molecular flexibility index (Phi) is 5.46. The second-order valence-electron chi connectivity index (χ2n) is 3.03. The highest BCUT2D eigenvalue weighted by Crippen LogP contribution is 2.40. The minimum absolute atomic E-state index is 0.585. The molecular formula is C12H17BrO3. The van der Waals surface area contributed by atoms with Crippen LogP contribution >= 0.6 is 15.9 Å². The molecule has 0 radical (unpaired) electrons. The van der Waals surface area contributed by atoms with Gasteiger partial charge in [-0.05, 0) is 32.9 Å². The Morgan fingerprint density at radius 1 is 0.875 bits per heavy atom. The maximum Gasteiger partial charge on any atom is 0.203 e. The van der Waals surface area contributed by atoms with Crippen molar-refractivity contribution < 1.29 is 14.2 Å². The first-order valence-corrected chi connectivity index (χ1v) is 6.24. The van der Waals surface area contributed by atoms with E-state index in [4.69, 9.17) is 14.2 Å². The number of ether oxygens (including phenoxy) is 3. The molecule has 90 valence electrons. The molecule has 0 N–H and O–H groups in total. The predicted octanol–water partition coefficient (Wildman–Crippen LogP) is 3.65. The summed E-state index contributed by atoms with van der Waals surface area (Å²) < 4.78 is 17.5. The maximum atomic E-state index is 5.56. The van der Waals surface area contributed by atoms with E-state index < -0.39 is 0 Å². The van der Waals surface area contributed by atoms with Gasteiger partial charge in [0, 0.05) is 4.47 Å². The highest BCUT2D eigenvalue weighted by atomic mass is 79.9. The summed E-state index contributed by atoms with van der Waals surface area (Å²) in [6.07, 6.45) is 0. The molecule has 0 aromatic heterocycles. The van der Waals surface area contributed by atoms with Crippen LogP contribution in [0, 0.1) is 0 Å². The molecular weight excluding hydrogens is 272 g/mol. The van der Waals surface area contributed by atoms with Crippen molar-refractivity contribution in [3.8, 4) is 17.2 Å². The SMILES string of the molecule is CCOc1cc(Br)cc(OCC)c1OCC. The lowest BCUT2D eigenvalue weighted by atomic mass is 10.3. The fourth-order valence-electron chi connectivity index (χ4n) is 1.36. The van der Waals surface area contributed by atoms with Crippen LogP contribution in [0.3, 0.4) is 0 Å². The Bertz CT molecular complexity index is 312. The summed E-state index contributed by atoms with van der Waals surface area (Å²) in [5.41, 5.74) is 0. The Labute approximate surface area is 105 Å². The monoisotopic (exact) mass is 288 g/mol. The molecule has 0 saturated heterocycles. The molecule has 3 nitrogen and oxygen atoms in total. The molecule has 16 heavy (non-hydrogen) atoms. The predicted molar refractivity (Wildman–Crippen MR) is 67.6 cm³/mol. The van der Waals surface area contributed by atoms with Gasteiger partial charge in [-0.2, -0.15) is 0 Å². The lowest BCUT2D eigenvalue weighted by molar-refractivity contribution is 0.260. The van der Waals surface area contributed by atoms with E-state index in [1.165, 1.54) is 0 Å². The van der Waals surface area contributed by atoms with Crippen molar-refractivity contribution in [3.05, 3.63) is 16.6 Å². The van der Waals surface area contributed by atoms with E-state index >= 15 is 0 Å². The molecule has 0 aliphatic heterocycles. The first-order chi connectivity index (χ1) is 7.72. The van der Waals surface area contributed by atoms with Crippen LogP contribution < -0.4 is 14.2 Å². The zero-order chi connectivity index (χ0) is 12.0. The number of benzene rings is 1. The van der Waals surface area contributed by atoms with Crippen molar-refractivity contribution in [3.63, 3.8) is 0 Å². The number of hydrogen-bond acceptors (Lipinski definition) is 3. The van der Waals surface area contributed by atoms with Crippen molar-refractivity contribution in [2.45, 2.75) is 20.8 Å². The molecule has 0 heterocycles. The standard InChI is InChI=1S/C12H17BrO3/c1-4-14-10-7-9(13)8-11(15-5-2)12(10)16-6-3/h7-8H,4-6H2,1-3H3. The number of rotatable bonds is 6. The minimum Gasteiger partial charge on any atom is -0.490 e. The van der Waals surface area contributed by atoms with Crippen molar-refractivity contribution in [1.29, 1.82) is 0 Å². The van der Waals surface area contributed by atoms with Crippen molar-refractivity contribution in [2.75, 3.05) is 19.8 Å². The first-order valence-electron chi connectivity index (χ1n) is 5.44. The van der Waals surface area contributed by atoms with Gasteiger partial charge in [-0.1, -0.05) is 15.9 Å². The summed E-state index contributed by atoms with van der Waals surface area (Å²) in [4.78, 5) is 0. The fourth-order valence-corrected chi connectivity index (χ4v) is 1.77. The third-order valence-corrected chi connectivity index (χ3v) is 2.33. The van der Waals surface area contributed by atoms with Gasteiger partial charge in [-0.25, -0.2) is 0 Å². The third kappa shape index (κ3) is 3.30. The molecule has 4 heteroatoms. The van der Waals surface area contributed by atoms with Crippen LogP contribution in [0.25, 0.3) is 0 Å². The summed E-state index contributed by atoms with van der Waals surface area (Å²) in [7, 11) is 0. The van der Waals surface area contributed by atoms with Crippen molar-refractivity contribution >= 4 is 15.9 Å². The van der Waals surface area contributed by atoms with Crippen LogP contribution in [0.2, 0.25) is 0 Å². The fraction of sp³-hybridized carbons (Fsp3) is 0.500. The van der Waals surface area contributed by atoms with Crippen LogP contribution in [0.15, 0.2) is 16.6 Å². The minimum atomic E-state index is 0.585. The Balaban J connectivity index is 3.12. The van der Waals surface area contributed by atoms with Gasteiger partial charge in [0.2, 0.25) is 5.75 Å². The second-order valence-corrected chi connectivity index (χ2v) is 3.95. The van der Waals surface area contributed by atoms with Gasteiger partial charge in [-0.3, -0.25) is 0 Å². The smallest absolute Gasteiger partial charge is 0.203 e. The largest absolute Gasteiger partial charge is 0.490 e. The molecule has 0 unspecified atom stereocenters. The van der Waals surface area contributed by atoms with E-state index in [0.717, 1.165) is 4.47 Å². The molecule has 0 aliphatic rings. The summed E-state index contributed by atoms with van der Waals surface area (Å²) >= 11 is 3.42. The van der Waals surface area contributed by atoms with Crippen LogP contribution in [0.4, 0.5) is 0 Å². The molecule has 1 rings (SSSR count). The maximum absolute atomic E-state index is 5.56. The number of hydrogen-bond donors (Lipinski definition) is 0. The average Bonchev–Trinajstić information content (AvgIpc) is 2.24. The molecule has 0 saturated carbocycles. The summed E-state index contributed by atoms with van der Waals surface area (Å²) in [6, 6.07) is 3.77. The number of halogens is 1. The summed E-state index contributed by atoms with van der Waals surface area (Å²) in [6.45, 7) is 7.60. The Hall–Kier alpha value is -0.900. The van der Waals surface area contributed by atoms with Gasteiger partial charge in [0.25, 0.3) is 0 Å². The highest BCUT2D eigenvalue weighted by molar-refractivity contribution is 9.10. The molecule has 0 aliphatic carbocycles.